The number of benzene rings is 11. The molecule has 3 heterocycles. The maximum Gasteiger partial charge on any atom is 0.264 e. The summed E-state index contributed by atoms with van der Waals surface area (Å²) >= 11 is 1.98. The number of rotatable bonds is 6. The second-order valence-corrected chi connectivity index (χ2v) is 25.9. The molecule has 0 bridgehead atoms. The van der Waals surface area contributed by atoms with Crippen LogP contribution >= 0.6 is 11.3 Å². The van der Waals surface area contributed by atoms with Crippen molar-refractivity contribution in [2.24, 2.45) is 0 Å². The summed E-state index contributed by atoms with van der Waals surface area (Å²) in [6.45, 7) is 22.9. The van der Waals surface area contributed by atoms with Crippen molar-refractivity contribution in [3.63, 3.8) is 0 Å². The fourth-order valence-electron chi connectivity index (χ4n) is 12.9. The predicted octanol–water partition coefficient (Wildman–Crippen LogP) is 19.8. The van der Waals surface area contributed by atoms with E-state index in [0.29, 0.717) is 5.92 Å². The monoisotopic (exact) mass is 1040 g/mol. The van der Waals surface area contributed by atoms with Crippen molar-refractivity contribution in [3.8, 4) is 33.4 Å². The van der Waals surface area contributed by atoms with Crippen molar-refractivity contribution in [2.45, 2.75) is 86.0 Å². The van der Waals surface area contributed by atoms with E-state index in [2.05, 4.69) is 285 Å². The standard InChI is InChI=1S/C75H65BN2S/c1-45(2)48-30-35-54(36-31-48)77-67-20-15-21-68-71(67)76(73-72(77)64-42-53(75(8,9)10)34-39-70(64)79-73)65-43-60(49-26-22-46(3)23-27-49)61(50-28-24-47(4)25-29-50)44-69(65)78(68)66-38-33-52(74(5,6)7)41-62(66)51-32-37-59-57-18-12-11-16-55(57)56-17-13-14-19-58(56)63(59)40-51/h11-45H,1-10H3. The van der Waals surface area contributed by atoms with Gasteiger partial charge < -0.3 is 9.80 Å². The molecule has 79 heavy (non-hydrogen) atoms. The molecule has 0 unspecified atom stereocenters. The Balaban J connectivity index is 1.11. The van der Waals surface area contributed by atoms with Crippen molar-refractivity contribution in [1.82, 2.24) is 0 Å². The summed E-state index contributed by atoms with van der Waals surface area (Å²) in [7, 11) is 0. The normalized spacial score (nSPS) is 13.2. The zero-order chi connectivity index (χ0) is 54.2. The van der Waals surface area contributed by atoms with E-state index < -0.39 is 0 Å². The molecule has 2 aliphatic rings. The Morgan fingerprint density at radius 2 is 0.937 bits per heavy atom. The van der Waals surface area contributed by atoms with E-state index in [1.807, 2.05) is 11.3 Å². The fourth-order valence-corrected chi connectivity index (χ4v) is 14.2. The van der Waals surface area contributed by atoms with E-state index in [1.165, 1.54) is 148 Å². The van der Waals surface area contributed by atoms with Crippen LogP contribution < -0.4 is 25.5 Å². The lowest BCUT2D eigenvalue weighted by atomic mass is 9.36. The average Bonchev–Trinajstić information content (AvgIpc) is 2.74. The predicted molar refractivity (Wildman–Crippen MR) is 346 cm³/mol. The Morgan fingerprint density at radius 1 is 0.405 bits per heavy atom. The maximum atomic E-state index is 2.65. The van der Waals surface area contributed by atoms with Crippen LogP contribution in [0.3, 0.4) is 0 Å². The summed E-state index contributed by atoms with van der Waals surface area (Å²) in [6.07, 6.45) is 0. The SMILES string of the molecule is Cc1ccc(-c2cc3c(cc2-c2ccc(C)cc2)N(c2ccc(C(C)(C)C)cc2-c2ccc4c5ccccc5c5ccccc5c4c2)c2cccc4c2B3c2sc3ccc(C(C)(C)C)cc3c2N4c2ccc(C(C)C)cc2)cc1. The highest BCUT2D eigenvalue weighted by Crippen LogP contribution is 2.52. The van der Waals surface area contributed by atoms with Gasteiger partial charge in [0.1, 0.15) is 0 Å². The van der Waals surface area contributed by atoms with Gasteiger partial charge >= 0.3 is 0 Å². The lowest BCUT2D eigenvalue weighted by molar-refractivity contribution is 0.590. The Labute approximate surface area is 470 Å². The first-order chi connectivity index (χ1) is 38.1. The van der Waals surface area contributed by atoms with Gasteiger partial charge in [-0.2, -0.15) is 0 Å². The van der Waals surface area contributed by atoms with Crippen molar-refractivity contribution in [2.75, 3.05) is 9.80 Å². The molecule has 2 aliphatic heterocycles. The third kappa shape index (κ3) is 7.96. The van der Waals surface area contributed by atoms with Crippen molar-refractivity contribution < 1.29 is 0 Å². The molecule has 12 aromatic rings. The molecule has 14 rings (SSSR count). The Bertz CT molecular complexity index is 4400. The van der Waals surface area contributed by atoms with Crippen LogP contribution in [-0.4, -0.2) is 6.71 Å². The largest absolute Gasteiger partial charge is 0.311 e. The van der Waals surface area contributed by atoms with Gasteiger partial charge in [0.2, 0.25) is 0 Å². The molecule has 0 N–H and O–H groups in total. The summed E-state index contributed by atoms with van der Waals surface area (Å²) in [5.41, 5.74) is 23.6. The number of fused-ring (bicyclic) bond motifs is 12. The van der Waals surface area contributed by atoms with E-state index in [-0.39, 0.29) is 17.5 Å². The molecule has 11 aromatic carbocycles. The lowest BCUT2D eigenvalue weighted by Crippen LogP contribution is -2.60. The molecule has 0 saturated heterocycles. The second kappa shape index (κ2) is 18.2. The van der Waals surface area contributed by atoms with E-state index in [1.54, 1.807) is 0 Å². The summed E-state index contributed by atoms with van der Waals surface area (Å²) in [5, 5.41) is 8.98. The average molecular weight is 1040 g/mol. The lowest BCUT2D eigenvalue weighted by Gasteiger charge is -2.44. The maximum absolute atomic E-state index is 2.65. The summed E-state index contributed by atoms with van der Waals surface area (Å²) < 4.78 is 2.69. The Morgan fingerprint density at radius 3 is 1.53 bits per heavy atom. The highest BCUT2D eigenvalue weighted by molar-refractivity contribution is 7.33. The minimum atomic E-state index is -0.0958. The molecule has 2 nitrogen and oxygen atoms in total. The van der Waals surface area contributed by atoms with Gasteiger partial charge in [-0.25, -0.2) is 0 Å². The van der Waals surface area contributed by atoms with E-state index in [9.17, 15) is 0 Å². The highest BCUT2D eigenvalue weighted by atomic mass is 32.1. The van der Waals surface area contributed by atoms with Gasteiger partial charge in [-0.15, -0.1) is 11.3 Å². The van der Waals surface area contributed by atoms with E-state index in [4.69, 9.17) is 0 Å². The minimum absolute atomic E-state index is 0.0219. The van der Waals surface area contributed by atoms with E-state index >= 15 is 0 Å². The van der Waals surface area contributed by atoms with Crippen LogP contribution in [0.1, 0.15) is 89.1 Å². The minimum Gasteiger partial charge on any atom is -0.311 e. The van der Waals surface area contributed by atoms with Gasteiger partial charge in [-0.1, -0.05) is 212 Å². The van der Waals surface area contributed by atoms with Crippen LogP contribution in [0.4, 0.5) is 34.1 Å². The molecule has 384 valence electrons. The molecule has 0 amide bonds. The van der Waals surface area contributed by atoms with Gasteiger partial charge in [0.15, 0.2) is 0 Å². The van der Waals surface area contributed by atoms with Crippen molar-refractivity contribution in [1.29, 1.82) is 0 Å². The van der Waals surface area contributed by atoms with Crippen LogP contribution in [0.2, 0.25) is 0 Å². The van der Waals surface area contributed by atoms with Crippen LogP contribution in [0.25, 0.3) is 75.8 Å². The third-order valence-corrected chi connectivity index (χ3v) is 18.5. The second-order valence-electron chi connectivity index (χ2n) is 24.9. The summed E-state index contributed by atoms with van der Waals surface area (Å²) in [4.78, 5) is 5.27. The zero-order valence-electron chi connectivity index (χ0n) is 47.1. The van der Waals surface area contributed by atoms with Crippen LogP contribution in [-0.2, 0) is 10.8 Å². The molecule has 0 fully saturated rings. The van der Waals surface area contributed by atoms with Gasteiger partial charge in [0, 0.05) is 43.2 Å². The van der Waals surface area contributed by atoms with Crippen LogP contribution in [0.15, 0.2) is 206 Å². The van der Waals surface area contributed by atoms with Crippen molar-refractivity contribution >= 4 is 110 Å². The molecule has 0 saturated carbocycles. The first-order valence-corrected chi connectivity index (χ1v) is 29.1. The molecule has 0 atom stereocenters. The first kappa shape index (κ1) is 49.1. The van der Waals surface area contributed by atoms with Gasteiger partial charge in [-0.05, 0) is 179 Å². The first-order valence-electron chi connectivity index (χ1n) is 28.3. The van der Waals surface area contributed by atoms with Gasteiger partial charge in [0.05, 0.1) is 11.4 Å². The van der Waals surface area contributed by atoms with Crippen LogP contribution in [0.5, 0.6) is 0 Å². The molecular formula is C75H65BN2S. The Hall–Kier alpha value is -8.18. The quantitative estimate of drug-likeness (QED) is 0.121. The number of hydrogen-bond donors (Lipinski definition) is 0. The molecule has 0 aliphatic carbocycles. The highest BCUT2D eigenvalue weighted by Gasteiger charge is 2.46. The zero-order valence-corrected chi connectivity index (χ0v) is 47.9. The number of anilines is 6. The molecule has 1 aromatic heterocycles. The van der Waals surface area contributed by atoms with Gasteiger partial charge in [0.25, 0.3) is 6.71 Å². The molecular weight excluding hydrogens is 972 g/mol. The molecule has 0 radical (unpaired) electrons. The topological polar surface area (TPSA) is 6.48 Å². The third-order valence-electron chi connectivity index (χ3n) is 17.3. The summed E-state index contributed by atoms with van der Waals surface area (Å²) in [5.74, 6) is 0.424. The van der Waals surface area contributed by atoms with E-state index in [0.717, 1.165) is 5.69 Å². The fraction of sp³-hybridized carbons (Fsp3) is 0.173. The molecule has 4 heteroatoms. The number of hydrogen-bond acceptors (Lipinski definition) is 3. The number of aryl methyl sites for hydroxylation is 2. The smallest absolute Gasteiger partial charge is 0.264 e. The van der Waals surface area contributed by atoms with Gasteiger partial charge in [-0.3, -0.25) is 0 Å². The van der Waals surface area contributed by atoms with Crippen LogP contribution in [0, 0.1) is 13.8 Å². The summed E-state index contributed by atoms with van der Waals surface area (Å²) in [6, 6.07) is 79.8. The van der Waals surface area contributed by atoms with Crippen molar-refractivity contribution in [3.05, 3.63) is 234 Å². The number of thiophene rings is 1. The molecule has 0 spiro atoms. The Kier molecular flexibility index (Phi) is 11.3. The number of nitrogens with zero attached hydrogens (tertiary/aromatic N) is 2.